The van der Waals surface area contributed by atoms with Crippen molar-refractivity contribution >= 4 is 12.1 Å². The lowest BCUT2D eigenvalue weighted by atomic mass is 9.87. The molecule has 0 aromatic heterocycles. The zero-order valence-electron chi connectivity index (χ0n) is 10.6. The second-order valence-corrected chi connectivity index (χ2v) is 4.57. The molecule has 1 rings (SSSR count). The Bertz CT molecular complexity index is 303. The van der Waals surface area contributed by atoms with Crippen LogP contribution in [0.2, 0.25) is 0 Å². The molecule has 1 aliphatic carbocycles. The second-order valence-electron chi connectivity index (χ2n) is 4.57. The SMILES string of the molecule is C=CCOC(=O)N[C@H]1CCCCCC[C@H]1C(=O)O. The van der Waals surface area contributed by atoms with Crippen LogP contribution in [0, 0.1) is 5.92 Å². The number of hydrogen-bond donors (Lipinski definition) is 2. The van der Waals surface area contributed by atoms with Gasteiger partial charge in [0.2, 0.25) is 0 Å². The van der Waals surface area contributed by atoms with E-state index in [2.05, 4.69) is 11.9 Å². The van der Waals surface area contributed by atoms with Crippen molar-refractivity contribution in [2.75, 3.05) is 6.61 Å². The van der Waals surface area contributed by atoms with Crippen molar-refractivity contribution in [3.8, 4) is 0 Å². The number of aliphatic carboxylic acids is 1. The Morgan fingerprint density at radius 3 is 2.56 bits per heavy atom. The molecule has 0 unspecified atom stereocenters. The van der Waals surface area contributed by atoms with Crippen molar-refractivity contribution in [3.05, 3.63) is 12.7 Å². The van der Waals surface area contributed by atoms with Crippen molar-refractivity contribution < 1.29 is 19.4 Å². The lowest BCUT2D eigenvalue weighted by Crippen LogP contribution is -2.44. The molecular weight excluding hydrogens is 234 g/mol. The molecule has 5 nitrogen and oxygen atoms in total. The Balaban J connectivity index is 2.57. The summed E-state index contributed by atoms with van der Waals surface area (Å²) in [4.78, 5) is 22.7. The van der Waals surface area contributed by atoms with E-state index in [-0.39, 0.29) is 12.6 Å². The highest BCUT2D eigenvalue weighted by Gasteiger charge is 2.30. The Morgan fingerprint density at radius 1 is 1.28 bits per heavy atom. The third-order valence-corrected chi connectivity index (χ3v) is 3.22. The van der Waals surface area contributed by atoms with E-state index in [0.717, 1.165) is 25.7 Å². The minimum Gasteiger partial charge on any atom is -0.481 e. The summed E-state index contributed by atoms with van der Waals surface area (Å²) in [5.41, 5.74) is 0. The number of carboxylic acid groups (broad SMARTS) is 1. The van der Waals surface area contributed by atoms with E-state index < -0.39 is 18.0 Å². The van der Waals surface area contributed by atoms with Gasteiger partial charge in [-0.3, -0.25) is 4.79 Å². The van der Waals surface area contributed by atoms with Crippen molar-refractivity contribution in [1.29, 1.82) is 0 Å². The van der Waals surface area contributed by atoms with Gasteiger partial charge in [0.1, 0.15) is 6.61 Å². The van der Waals surface area contributed by atoms with Crippen LogP contribution in [0.5, 0.6) is 0 Å². The lowest BCUT2D eigenvalue weighted by Gasteiger charge is -2.26. The summed E-state index contributed by atoms with van der Waals surface area (Å²) in [5.74, 6) is -1.35. The van der Waals surface area contributed by atoms with E-state index in [1.807, 2.05) is 0 Å². The lowest BCUT2D eigenvalue weighted by molar-refractivity contribution is -0.143. The van der Waals surface area contributed by atoms with Gasteiger partial charge >= 0.3 is 12.1 Å². The van der Waals surface area contributed by atoms with E-state index in [4.69, 9.17) is 4.74 Å². The summed E-state index contributed by atoms with van der Waals surface area (Å²) in [5, 5.41) is 11.9. The molecule has 102 valence electrons. The number of hydrogen-bond acceptors (Lipinski definition) is 3. The topological polar surface area (TPSA) is 75.6 Å². The first kappa shape index (κ1) is 14.5. The van der Waals surface area contributed by atoms with Crippen molar-refractivity contribution in [3.63, 3.8) is 0 Å². The van der Waals surface area contributed by atoms with Gasteiger partial charge < -0.3 is 15.2 Å². The zero-order chi connectivity index (χ0) is 13.4. The van der Waals surface area contributed by atoms with Gasteiger partial charge in [-0.05, 0) is 12.8 Å². The number of carbonyl (C=O) groups is 2. The molecule has 0 aromatic rings. The fourth-order valence-electron chi connectivity index (χ4n) is 2.28. The Morgan fingerprint density at radius 2 is 1.94 bits per heavy atom. The monoisotopic (exact) mass is 255 g/mol. The summed E-state index contributed by atoms with van der Waals surface area (Å²) in [7, 11) is 0. The first-order valence-electron chi connectivity index (χ1n) is 6.42. The van der Waals surface area contributed by atoms with Gasteiger partial charge in [0.05, 0.1) is 5.92 Å². The summed E-state index contributed by atoms with van der Waals surface area (Å²) < 4.78 is 4.83. The van der Waals surface area contributed by atoms with Crippen LogP contribution < -0.4 is 5.32 Å². The van der Waals surface area contributed by atoms with Gasteiger partial charge in [-0.2, -0.15) is 0 Å². The fraction of sp³-hybridized carbons (Fsp3) is 0.692. The molecule has 2 N–H and O–H groups in total. The highest BCUT2D eigenvalue weighted by Crippen LogP contribution is 2.23. The quantitative estimate of drug-likeness (QED) is 0.756. The second kappa shape index (κ2) is 7.74. The highest BCUT2D eigenvalue weighted by molar-refractivity contribution is 5.73. The van der Waals surface area contributed by atoms with Crippen LogP contribution in [0.25, 0.3) is 0 Å². The molecule has 1 saturated carbocycles. The first-order chi connectivity index (χ1) is 8.65. The molecule has 0 heterocycles. The van der Waals surface area contributed by atoms with Crippen LogP contribution in [0.3, 0.4) is 0 Å². The zero-order valence-corrected chi connectivity index (χ0v) is 10.6. The average molecular weight is 255 g/mol. The summed E-state index contributed by atoms with van der Waals surface area (Å²) in [6.07, 6.45) is 6.22. The van der Waals surface area contributed by atoms with E-state index in [1.165, 1.54) is 6.08 Å². The van der Waals surface area contributed by atoms with Crippen LogP contribution in [0.1, 0.15) is 38.5 Å². The molecule has 0 spiro atoms. The van der Waals surface area contributed by atoms with Gasteiger partial charge in [-0.25, -0.2) is 4.79 Å². The molecule has 1 amide bonds. The molecule has 5 heteroatoms. The molecule has 18 heavy (non-hydrogen) atoms. The van der Waals surface area contributed by atoms with E-state index in [0.29, 0.717) is 12.8 Å². The number of amides is 1. The first-order valence-corrected chi connectivity index (χ1v) is 6.42. The molecule has 2 atom stereocenters. The van der Waals surface area contributed by atoms with Crippen LogP contribution in [-0.2, 0) is 9.53 Å². The van der Waals surface area contributed by atoms with Crippen LogP contribution in [0.15, 0.2) is 12.7 Å². The summed E-state index contributed by atoms with van der Waals surface area (Å²) in [6, 6.07) is -0.333. The minimum absolute atomic E-state index is 0.135. The van der Waals surface area contributed by atoms with Gasteiger partial charge in [-0.1, -0.05) is 38.3 Å². The smallest absolute Gasteiger partial charge is 0.407 e. The van der Waals surface area contributed by atoms with Crippen molar-refractivity contribution in [1.82, 2.24) is 5.32 Å². The number of ether oxygens (including phenoxy) is 1. The number of alkyl carbamates (subject to hydrolysis) is 1. The molecule has 0 radical (unpaired) electrons. The highest BCUT2D eigenvalue weighted by atomic mass is 16.5. The van der Waals surface area contributed by atoms with Gasteiger partial charge in [0.25, 0.3) is 0 Å². The van der Waals surface area contributed by atoms with Gasteiger partial charge in [-0.15, -0.1) is 0 Å². The predicted octanol–water partition coefficient (Wildman–Crippen LogP) is 2.32. The molecule has 0 saturated heterocycles. The number of carboxylic acids is 1. The maximum Gasteiger partial charge on any atom is 0.407 e. The normalized spacial score (nSPS) is 24.4. The number of carbonyl (C=O) groups excluding carboxylic acids is 1. The van der Waals surface area contributed by atoms with Gasteiger partial charge in [0, 0.05) is 6.04 Å². The summed E-state index contributed by atoms with van der Waals surface area (Å²) >= 11 is 0. The third-order valence-electron chi connectivity index (χ3n) is 3.22. The van der Waals surface area contributed by atoms with Gasteiger partial charge in [0.15, 0.2) is 0 Å². The minimum atomic E-state index is -0.842. The third kappa shape index (κ3) is 4.77. The van der Waals surface area contributed by atoms with Crippen molar-refractivity contribution in [2.45, 2.75) is 44.6 Å². The van der Waals surface area contributed by atoms with Crippen molar-refractivity contribution in [2.24, 2.45) is 5.92 Å². The standard InChI is InChI=1S/C13H21NO4/c1-2-9-18-13(17)14-11-8-6-4-3-5-7-10(11)12(15)16/h2,10-11H,1,3-9H2,(H,14,17)(H,15,16)/t10-,11+/m1/s1. The fourth-order valence-corrected chi connectivity index (χ4v) is 2.28. The number of nitrogens with one attached hydrogen (secondary N) is 1. The average Bonchev–Trinajstić information content (AvgIpc) is 2.29. The molecular formula is C13H21NO4. The Hall–Kier alpha value is -1.52. The van der Waals surface area contributed by atoms with E-state index in [9.17, 15) is 14.7 Å². The van der Waals surface area contributed by atoms with Crippen LogP contribution in [-0.4, -0.2) is 29.8 Å². The molecule has 0 bridgehead atoms. The molecule has 0 aliphatic heterocycles. The molecule has 0 aromatic carbocycles. The van der Waals surface area contributed by atoms with E-state index in [1.54, 1.807) is 0 Å². The maximum atomic E-state index is 11.5. The van der Waals surface area contributed by atoms with Crippen LogP contribution >= 0.6 is 0 Å². The number of rotatable bonds is 4. The Kier molecular flexibility index (Phi) is 6.25. The van der Waals surface area contributed by atoms with E-state index >= 15 is 0 Å². The Labute approximate surface area is 107 Å². The largest absolute Gasteiger partial charge is 0.481 e. The molecule has 1 aliphatic rings. The summed E-state index contributed by atoms with van der Waals surface area (Å²) in [6.45, 7) is 3.59. The molecule has 1 fully saturated rings. The predicted molar refractivity (Wildman–Crippen MR) is 67.3 cm³/mol. The maximum absolute atomic E-state index is 11.5. The van der Waals surface area contributed by atoms with Crippen LogP contribution in [0.4, 0.5) is 4.79 Å².